The van der Waals surface area contributed by atoms with Crippen molar-refractivity contribution in [3.05, 3.63) is 65.3 Å². The topological polar surface area (TPSA) is 78.4 Å². The molecule has 2 aromatic carbocycles. The Morgan fingerprint density at radius 1 is 1.04 bits per heavy atom. The first-order valence-electron chi connectivity index (χ1n) is 9.19. The second-order valence-electron chi connectivity index (χ2n) is 6.83. The predicted molar refractivity (Wildman–Crippen MR) is 112 cm³/mol. The van der Waals surface area contributed by atoms with E-state index in [-0.39, 0.29) is 24.9 Å². The van der Waals surface area contributed by atoms with Gasteiger partial charge in [-0.15, -0.1) is 0 Å². The molecule has 3 rings (SSSR count). The van der Waals surface area contributed by atoms with E-state index in [1.165, 1.54) is 10.9 Å². The van der Waals surface area contributed by atoms with Crippen molar-refractivity contribution in [2.45, 2.75) is 6.42 Å². The minimum atomic E-state index is -0.147. The molecule has 7 heteroatoms. The molecule has 0 radical (unpaired) electrons. The van der Waals surface area contributed by atoms with Gasteiger partial charge in [0.05, 0.1) is 7.05 Å². The van der Waals surface area contributed by atoms with E-state index in [1.807, 2.05) is 31.4 Å². The summed E-state index contributed by atoms with van der Waals surface area (Å²) in [6, 6.07) is 15.0. The molecule has 0 fully saturated rings. The molecule has 0 saturated carbocycles. The normalized spacial score (nSPS) is 11.9. The van der Waals surface area contributed by atoms with Crippen molar-refractivity contribution in [1.82, 2.24) is 10.3 Å². The van der Waals surface area contributed by atoms with Gasteiger partial charge in [-0.3, -0.25) is 9.59 Å². The number of hydrogen-bond acceptors (Lipinski definition) is 2. The van der Waals surface area contributed by atoms with E-state index >= 15 is 0 Å². The molecule has 0 aliphatic heterocycles. The fourth-order valence-corrected chi connectivity index (χ4v) is 3.21. The van der Waals surface area contributed by atoms with Gasteiger partial charge >= 0.3 is 0 Å². The number of amides is 2. The summed E-state index contributed by atoms with van der Waals surface area (Å²) < 4.78 is 0. The maximum atomic E-state index is 12.1. The highest BCUT2D eigenvalue weighted by Gasteiger charge is 2.14. The number of rotatable bonds is 8. The molecule has 2 amide bonds. The monoisotopic (exact) mass is 399 g/mol. The highest BCUT2D eigenvalue weighted by molar-refractivity contribution is 6.30. The lowest BCUT2D eigenvalue weighted by molar-refractivity contribution is -0.862. The molecule has 4 N–H and O–H groups in total. The van der Waals surface area contributed by atoms with Gasteiger partial charge in [0.2, 0.25) is 0 Å². The highest BCUT2D eigenvalue weighted by Crippen LogP contribution is 2.17. The van der Waals surface area contributed by atoms with E-state index in [1.54, 1.807) is 24.3 Å². The molecule has 28 heavy (non-hydrogen) atoms. The van der Waals surface area contributed by atoms with Crippen LogP contribution in [0.1, 0.15) is 5.56 Å². The molecule has 0 bridgehead atoms. The van der Waals surface area contributed by atoms with Crippen molar-refractivity contribution in [1.29, 1.82) is 0 Å². The molecule has 6 nitrogen and oxygen atoms in total. The van der Waals surface area contributed by atoms with Crippen LogP contribution >= 0.6 is 11.6 Å². The van der Waals surface area contributed by atoms with E-state index in [9.17, 15) is 9.59 Å². The largest absolute Gasteiger partial charge is 0.361 e. The SMILES string of the molecule is C[NH+](CC(=O)NCCc1c[nH]c2ccccc12)CC(=O)Nc1ccc(Cl)cc1. The Labute approximate surface area is 168 Å². The lowest BCUT2D eigenvalue weighted by atomic mass is 10.1. The molecular formula is C21H24ClN4O2+. The number of H-pyrrole nitrogens is 1. The first kappa shape index (κ1) is 19.9. The third-order valence-corrected chi connectivity index (χ3v) is 4.70. The minimum absolute atomic E-state index is 0.0726. The lowest BCUT2D eigenvalue weighted by Crippen LogP contribution is -3.11. The third-order valence-electron chi connectivity index (χ3n) is 4.44. The van der Waals surface area contributed by atoms with Gasteiger partial charge < -0.3 is 20.5 Å². The number of hydrogen-bond donors (Lipinski definition) is 4. The van der Waals surface area contributed by atoms with E-state index < -0.39 is 0 Å². The second kappa shape index (κ2) is 9.39. The number of likely N-dealkylation sites (N-methyl/N-ethyl adjacent to an activating group) is 1. The van der Waals surface area contributed by atoms with Crippen molar-refractivity contribution < 1.29 is 14.5 Å². The molecular weight excluding hydrogens is 376 g/mol. The Hall–Kier alpha value is -2.83. The molecule has 3 aromatic rings. The molecule has 146 valence electrons. The first-order valence-corrected chi connectivity index (χ1v) is 9.57. The molecule has 1 aromatic heterocycles. The number of para-hydroxylation sites is 1. The summed E-state index contributed by atoms with van der Waals surface area (Å²) in [6.07, 6.45) is 2.74. The number of benzene rings is 2. The molecule has 1 atom stereocenters. The van der Waals surface area contributed by atoms with Crippen LogP contribution in [0.25, 0.3) is 10.9 Å². The van der Waals surface area contributed by atoms with Crippen LogP contribution < -0.4 is 15.5 Å². The Kier molecular flexibility index (Phi) is 6.68. The average molecular weight is 400 g/mol. The van der Waals surface area contributed by atoms with Crippen molar-refractivity contribution in [3.8, 4) is 0 Å². The highest BCUT2D eigenvalue weighted by atomic mass is 35.5. The summed E-state index contributed by atoms with van der Waals surface area (Å²) >= 11 is 5.83. The fourth-order valence-electron chi connectivity index (χ4n) is 3.09. The quantitative estimate of drug-likeness (QED) is 0.464. The number of aromatic nitrogens is 1. The number of halogens is 1. The number of aromatic amines is 1. The Bertz CT molecular complexity index is 952. The summed E-state index contributed by atoms with van der Waals surface area (Å²) in [5, 5.41) is 7.52. The van der Waals surface area contributed by atoms with Gasteiger partial charge in [-0.2, -0.15) is 0 Å². The van der Waals surface area contributed by atoms with Crippen LogP contribution in [-0.2, 0) is 16.0 Å². The smallest absolute Gasteiger partial charge is 0.279 e. The van der Waals surface area contributed by atoms with Gasteiger partial charge in [-0.1, -0.05) is 29.8 Å². The van der Waals surface area contributed by atoms with Crippen LogP contribution in [0.15, 0.2) is 54.7 Å². The average Bonchev–Trinajstić information content (AvgIpc) is 3.07. The van der Waals surface area contributed by atoms with Crippen molar-refractivity contribution in [3.63, 3.8) is 0 Å². The zero-order chi connectivity index (χ0) is 19.9. The van der Waals surface area contributed by atoms with Gasteiger partial charge in [-0.25, -0.2) is 0 Å². The second-order valence-corrected chi connectivity index (χ2v) is 7.26. The summed E-state index contributed by atoms with van der Waals surface area (Å²) in [7, 11) is 1.82. The molecule has 0 aliphatic carbocycles. The Morgan fingerprint density at radius 3 is 2.54 bits per heavy atom. The van der Waals surface area contributed by atoms with E-state index in [0.717, 1.165) is 16.8 Å². The third kappa shape index (κ3) is 5.58. The van der Waals surface area contributed by atoms with Crippen LogP contribution in [0.2, 0.25) is 5.02 Å². The van der Waals surface area contributed by atoms with Crippen molar-refractivity contribution in [2.75, 3.05) is 32.0 Å². The standard InChI is InChI=1S/C21H23ClN4O2/c1-26(14-21(28)25-17-8-6-16(22)7-9-17)13-20(27)23-11-10-15-12-24-19-5-3-2-4-18(15)19/h2-9,12,24H,10-11,13-14H2,1H3,(H,23,27)(H,25,28)/p+1. The number of fused-ring (bicyclic) bond motifs is 1. The lowest BCUT2D eigenvalue weighted by Gasteiger charge is -2.13. The number of carbonyl (C=O) groups excluding carboxylic acids is 2. The maximum Gasteiger partial charge on any atom is 0.279 e. The van der Waals surface area contributed by atoms with Gasteiger partial charge in [0.15, 0.2) is 13.1 Å². The summed E-state index contributed by atoms with van der Waals surface area (Å²) in [4.78, 5) is 28.3. The maximum absolute atomic E-state index is 12.1. The van der Waals surface area contributed by atoms with Gasteiger partial charge in [0.1, 0.15) is 0 Å². The van der Waals surface area contributed by atoms with Crippen molar-refractivity contribution in [2.24, 2.45) is 0 Å². The number of nitrogens with one attached hydrogen (secondary N) is 4. The summed E-state index contributed by atoms with van der Waals surface area (Å²) in [6.45, 7) is 1.01. The first-order chi connectivity index (χ1) is 13.5. The Balaban J connectivity index is 1.39. The zero-order valence-electron chi connectivity index (χ0n) is 15.7. The molecule has 0 spiro atoms. The van der Waals surface area contributed by atoms with Crippen LogP contribution in [0, 0.1) is 0 Å². The molecule has 0 aliphatic rings. The molecule has 1 heterocycles. The number of anilines is 1. The van der Waals surface area contributed by atoms with E-state index in [2.05, 4.69) is 21.7 Å². The van der Waals surface area contributed by atoms with E-state index in [0.29, 0.717) is 17.3 Å². The zero-order valence-corrected chi connectivity index (χ0v) is 16.5. The van der Waals surface area contributed by atoms with Crippen molar-refractivity contribution >= 4 is 40.0 Å². The Morgan fingerprint density at radius 2 is 1.75 bits per heavy atom. The minimum Gasteiger partial charge on any atom is -0.361 e. The predicted octanol–water partition coefficient (Wildman–Crippen LogP) is 1.63. The summed E-state index contributed by atoms with van der Waals surface area (Å²) in [5.41, 5.74) is 2.96. The molecule has 1 unspecified atom stereocenters. The van der Waals surface area contributed by atoms with Crippen LogP contribution in [0.4, 0.5) is 5.69 Å². The summed E-state index contributed by atoms with van der Waals surface area (Å²) in [5.74, 6) is -0.219. The molecule has 0 saturated heterocycles. The number of quaternary nitrogens is 1. The van der Waals surface area contributed by atoms with Crippen LogP contribution in [0.3, 0.4) is 0 Å². The van der Waals surface area contributed by atoms with Crippen LogP contribution in [0.5, 0.6) is 0 Å². The number of carbonyl (C=O) groups is 2. The van der Waals surface area contributed by atoms with Crippen LogP contribution in [-0.4, -0.2) is 43.5 Å². The van der Waals surface area contributed by atoms with Gasteiger partial charge in [-0.05, 0) is 42.3 Å². The van der Waals surface area contributed by atoms with Gasteiger partial charge in [0, 0.05) is 34.4 Å². The van der Waals surface area contributed by atoms with Gasteiger partial charge in [0.25, 0.3) is 11.8 Å². The fraction of sp³-hybridized carbons (Fsp3) is 0.238. The van der Waals surface area contributed by atoms with E-state index in [4.69, 9.17) is 11.6 Å².